The van der Waals surface area contributed by atoms with Crippen molar-refractivity contribution in [3.63, 3.8) is 0 Å². The molecule has 23 heavy (non-hydrogen) atoms. The fraction of sp³-hybridized carbons (Fsp3) is 0.0769. The number of alkyl halides is 1. The van der Waals surface area contributed by atoms with Crippen LogP contribution in [0.3, 0.4) is 0 Å². The number of amides is 1. The van der Waals surface area contributed by atoms with Gasteiger partial charge in [-0.1, -0.05) is 34.5 Å². The monoisotopic (exact) mass is 387 g/mol. The Morgan fingerprint density at radius 1 is 1.35 bits per heavy atom. The van der Waals surface area contributed by atoms with Crippen LogP contribution in [0, 0.1) is 0 Å². The third-order valence-corrected chi connectivity index (χ3v) is 4.54. The van der Waals surface area contributed by atoms with E-state index in [9.17, 15) is 4.79 Å². The number of halogens is 3. The molecule has 0 radical (unpaired) electrons. The summed E-state index contributed by atoms with van der Waals surface area (Å²) in [5.74, 6) is -0.505. The second-order valence-electron chi connectivity index (χ2n) is 4.32. The molecule has 0 unspecified atom stereocenters. The Labute approximate surface area is 150 Å². The molecule has 3 aromatic rings. The van der Waals surface area contributed by atoms with Crippen LogP contribution in [-0.2, 0) is 4.79 Å². The zero-order valence-corrected chi connectivity index (χ0v) is 14.4. The van der Waals surface area contributed by atoms with Gasteiger partial charge in [-0.2, -0.15) is 5.10 Å². The van der Waals surface area contributed by atoms with Crippen LogP contribution in [0.4, 0.5) is 5.13 Å². The third-order valence-electron chi connectivity index (χ3n) is 2.79. The molecule has 0 bridgehead atoms. The number of nitrogens with one attached hydrogen (secondary N) is 1. The first-order valence-corrected chi connectivity index (χ1v) is 8.36. The average Bonchev–Trinajstić information content (AvgIpc) is 3.16. The lowest BCUT2D eigenvalue weighted by molar-refractivity contribution is -0.113. The third kappa shape index (κ3) is 3.48. The molecule has 0 aliphatic carbocycles. The summed E-state index contributed by atoms with van der Waals surface area (Å²) in [5, 5.41) is 8.74. The lowest BCUT2D eigenvalue weighted by Gasteiger charge is -2.04. The summed E-state index contributed by atoms with van der Waals surface area (Å²) in [6.07, 6.45) is 2.94. The van der Waals surface area contributed by atoms with Crippen molar-refractivity contribution in [2.24, 2.45) is 0 Å². The number of carbonyl (C=O) groups is 1. The normalized spacial score (nSPS) is 10.7. The van der Waals surface area contributed by atoms with E-state index < -0.39 is 0 Å². The quantitative estimate of drug-likeness (QED) is 0.689. The van der Waals surface area contributed by atoms with Crippen LogP contribution < -0.4 is 5.32 Å². The topological polar surface area (TPSA) is 72.7 Å². The van der Waals surface area contributed by atoms with Crippen molar-refractivity contribution in [1.82, 2.24) is 19.7 Å². The molecule has 0 atom stereocenters. The molecule has 1 amide bonds. The fourth-order valence-electron chi connectivity index (χ4n) is 1.84. The average molecular weight is 389 g/mol. The standard InChI is InChI=1S/C13H8Cl3N5OS/c14-4-10(22)19-13-20-11(8-2-1-7(15)3-9(8)16)12(23-13)21-6-17-5-18-21/h1-3,5-6H,4H2,(H,19,20,22). The minimum atomic E-state index is -0.348. The van der Waals surface area contributed by atoms with Crippen LogP contribution in [0.5, 0.6) is 0 Å². The van der Waals surface area contributed by atoms with E-state index in [1.807, 2.05) is 0 Å². The Hall–Kier alpha value is -1.67. The largest absolute Gasteiger partial charge is 0.301 e. The Kier molecular flexibility index (Phi) is 4.82. The molecule has 6 nitrogen and oxygen atoms in total. The van der Waals surface area contributed by atoms with Crippen molar-refractivity contribution in [3.05, 3.63) is 40.9 Å². The van der Waals surface area contributed by atoms with E-state index in [4.69, 9.17) is 34.8 Å². The van der Waals surface area contributed by atoms with E-state index in [1.165, 1.54) is 24.0 Å². The Morgan fingerprint density at radius 2 is 2.17 bits per heavy atom. The molecular weight excluding hydrogens is 381 g/mol. The fourth-order valence-corrected chi connectivity index (χ4v) is 3.33. The molecule has 0 saturated heterocycles. The zero-order valence-electron chi connectivity index (χ0n) is 11.3. The van der Waals surface area contributed by atoms with E-state index in [0.717, 1.165) is 0 Å². The highest BCUT2D eigenvalue weighted by atomic mass is 35.5. The Bertz CT molecular complexity index is 849. The number of anilines is 1. The van der Waals surface area contributed by atoms with E-state index in [-0.39, 0.29) is 11.8 Å². The predicted octanol–water partition coefficient (Wildman–Crippen LogP) is 3.87. The predicted molar refractivity (Wildman–Crippen MR) is 91.8 cm³/mol. The van der Waals surface area contributed by atoms with E-state index >= 15 is 0 Å². The maximum Gasteiger partial charge on any atom is 0.241 e. The van der Waals surface area contributed by atoms with Crippen molar-refractivity contribution >= 4 is 57.2 Å². The van der Waals surface area contributed by atoms with Crippen molar-refractivity contribution < 1.29 is 4.79 Å². The second-order valence-corrected chi connectivity index (χ2v) is 6.41. The molecule has 0 aliphatic heterocycles. The molecule has 0 fully saturated rings. The Balaban J connectivity index is 2.12. The van der Waals surface area contributed by atoms with Gasteiger partial charge in [0.25, 0.3) is 0 Å². The molecule has 0 saturated carbocycles. The molecule has 1 N–H and O–H groups in total. The minimum Gasteiger partial charge on any atom is -0.301 e. The molecule has 0 spiro atoms. The summed E-state index contributed by atoms with van der Waals surface area (Å²) in [6.45, 7) is 0. The number of aromatic nitrogens is 4. The van der Waals surface area contributed by atoms with Crippen LogP contribution in [-0.4, -0.2) is 31.5 Å². The second kappa shape index (κ2) is 6.84. The number of thiazole rings is 1. The number of carbonyl (C=O) groups excluding carboxylic acids is 1. The Morgan fingerprint density at radius 3 is 2.83 bits per heavy atom. The van der Waals surface area contributed by atoms with Gasteiger partial charge in [0.15, 0.2) is 5.13 Å². The van der Waals surface area contributed by atoms with Gasteiger partial charge in [0, 0.05) is 10.6 Å². The van der Waals surface area contributed by atoms with Gasteiger partial charge in [0.1, 0.15) is 29.2 Å². The number of rotatable bonds is 4. The van der Waals surface area contributed by atoms with Crippen LogP contribution in [0.1, 0.15) is 0 Å². The van der Waals surface area contributed by atoms with Gasteiger partial charge in [-0.05, 0) is 18.2 Å². The summed E-state index contributed by atoms with van der Waals surface area (Å²) in [5.41, 5.74) is 1.23. The lowest BCUT2D eigenvalue weighted by atomic mass is 10.1. The highest BCUT2D eigenvalue weighted by molar-refractivity contribution is 7.18. The highest BCUT2D eigenvalue weighted by Crippen LogP contribution is 2.38. The van der Waals surface area contributed by atoms with Crippen molar-refractivity contribution in [2.45, 2.75) is 0 Å². The minimum absolute atomic E-state index is 0.157. The van der Waals surface area contributed by atoms with Gasteiger partial charge in [-0.3, -0.25) is 4.79 Å². The summed E-state index contributed by atoms with van der Waals surface area (Å²) < 4.78 is 1.55. The first-order valence-electron chi connectivity index (χ1n) is 6.25. The van der Waals surface area contributed by atoms with Gasteiger partial charge in [0.05, 0.1) is 5.02 Å². The SMILES string of the molecule is O=C(CCl)Nc1nc(-c2ccc(Cl)cc2Cl)c(-n2cncn2)s1. The van der Waals surface area contributed by atoms with Crippen molar-refractivity contribution in [2.75, 3.05) is 11.2 Å². The summed E-state index contributed by atoms with van der Waals surface area (Å²) >= 11 is 18.9. The van der Waals surface area contributed by atoms with E-state index in [0.29, 0.717) is 31.4 Å². The zero-order chi connectivity index (χ0) is 16.4. The van der Waals surface area contributed by atoms with E-state index in [1.54, 1.807) is 22.9 Å². The molecule has 2 heterocycles. The van der Waals surface area contributed by atoms with Crippen LogP contribution in [0.25, 0.3) is 16.3 Å². The molecule has 118 valence electrons. The first-order chi connectivity index (χ1) is 11.1. The number of benzene rings is 1. The van der Waals surface area contributed by atoms with Gasteiger partial charge >= 0.3 is 0 Å². The van der Waals surface area contributed by atoms with Gasteiger partial charge in [0.2, 0.25) is 5.91 Å². The summed E-state index contributed by atoms with van der Waals surface area (Å²) in [4.78, 5) is 19.8. The van der Waals surface area contributed by atoms with Crippen LogP contribution in [0.15, 0.2) is 30.9 Å². The summed E-state index contributed by atoms with van der Waals surface area (Å²) in [7, 11) is 0. The molecule has 1 aromatic carbocycles. The maximum absolute atomic E-state index is 11.5. The molecular formula is C13H8Cl3N5OS. The summed E-state index contributed by atoms with van der Waals surface area (Å²) in [6, 6.07) is 5.09. The van der Waals surface area contributed by atoms with Crippen LogP contribution >= 0.6 is 46.1 Å². The van der Waals surface area contributed by atoms with Crippen LogP contribution in [0.2, 0.25) is 10.0 Å². The first kappa shape index (κ1) is 16.2. The van der Waals surface area contributed by atoms with Gasteiger partial charge < -0.3 is 5.32 Å². The maximum atomic E-state index is 11.5. The molecule has 2 aromatic heterocycles. The number of hydrogen-bond donors (Lipinski definition) is 1. The lowest BCUT2D eigenvalue weighted by Crippen LogP contribution is -2.12. The molecule has 0 aliphatic rings. The molecule has 3 rings (SSSR count). The van der Waals surface area contributed by atoms with Crippen molar-refractivity contribution in [3.8, 4) is 16.3 Å². The van der Waals surface area contributed by atoms with Crippen molar-refractivity contribution in [1.29, 1.82) is 0 Å². The number of hydrogen-bond acceptors (Lipinski definition) is 5. The number of nitrogens with zero attached hydrogens (tertiary/aromatic N) is 4. The highest BCUT2D eigenvalue weighted by Gasteiger charge is 2.19. The van der Waals surface area contributed by atoms with Gasteiger partial charge in [-0.15, -0.1) is 11.6 Å². The molecule has 10 heteroatoms. The van der Waals surface area contributed by atoms with Gasteiger partial charge in [-0.25, -0.2) is 14.6 Å². The van der Waals surface area contributed by atoms with E-state index in [2.05, 4.69) is 20.4 Å². The smallest absolute Gasteiger partial charge is 0.241 e.